The molecular weight excluding hydrogens is 276 g/mol. The molecule has 0 amide bonds. The number of aliphatic imine (C=N–C) groups is 1. The molecule has 1 atom stereocenters. The molecule has 2 aliphatic rings. The van der Waals surface area contributed by atoms with E-state index in [9.17, 15) is 0 Å². The number of likely N-dealkylation sites (tertiary alicyclic amines) is 1. The van der Waals surface area contributed by atoms with Crippen LogP contribution in [-0.4, -0.2) is 56.5 Å². The maximum Gasteiger partial charge on any atom is 0.193 e. The molecule has 0 aromatic carbocycles. The third kappa shape index (κ3) is 3.00. The van der Waals surface area contributed by atoms with Crippen LogP contribution in [0.2, 0.25) is 0 Å². The van der Waals surface area contributed by atoms with Gasteiger partial charge in [-0.2, -0.15) is 0 Å². The van der Waals surface area contributed by atoms with Crippen molar-refractivity contribution in [2.24, 2.45) is 10.4 Å². The molecule has 1 aromatic rings. The molecular formula is C17H28N4O. The second-order valence-corrected chi connectivity index (χ2v) is 6.95. The lowest BCUT2D eigenvalue weighted by Crippen LogP contribution is -2.45. The van der Waals surface area contributed by atoms with Crippen LogP contribution in [0.25, 0.3) is 0 Å². The molecule has 22 heavy (non-hydrogen) atoms. The molecule has 122 valence electrons. The van der Waals surface area contributed by atoms with E-state index in [0.29, 0.717) is 5.41 Å². The SMILES string of the molecule is CN=C(NCC(c1ccco1)N(C)C)N1CCC2(CCC2)C1. The molecule has 1 aliphatic carbocycles. The number of guanidine groups is 1. The summed E-state index contributed by atoms with van der Waals surface area (Å²) in [6.45, 7) is 3.10. The zero-order valence-electron chi connectivity index (χ0n) is 14.0. The Hall–Kier alpha value is -1.49. The Kier molecular flexibility index (Phi) is 4.43. The first-order chi connectivity index (χ1) is 10.6. The summed E-state index contributed by atoms with van der Waals surface area (Å²) >= 11 is 0. The Morgan fingerprint density at radius 1 is 1.45 bits per heavy atom. The van der Waals surface area contributed by atoms with E-state index in [1.807, 2.05) is 19.2 Å². The Labute approximate surface area is 133 Å². The molecule has 5 heteroatoms. The minimum absolute atomic E-state index is 0.215. The van der Waals surface area contributed by atoms with E-state index in [-0.39, 0.29) is 6.04 Å². The van der Waals surface area contributed by atoms with Gasteiger partial charge < -0.3 is 14.6 Å². The molecule has 2 fully saturated rings. The molecule has 0 radical (unpaired) electrons. The van der Waals surface area contributed by atoms with Crippen LogP contribution in [0.3, 0.4) is 0 Å². The summed E-state index contributed by atoms with van der Waals surface area (Å²) in [5, 5.41) is 3.54. The van der Waals surface area contributed by atoms with Gasteiger partial charge in [-0.15, -0.1) is 0 Å². The lowest BCUT2D eigenvalue weighted by molar-refractivity contribution is 0.151. The monoisotopic (exact) mass is 304 g/mol. The van der Waals surface area contributed by atoms with Crippen molar-refractivity contribution in [3.8, 4) is 0 Å². The van der Waals surface area contributed by atoms with Crippen molar-refractivity contribution in [2.45, 2.75) is 31.7 Å². The fourth-order valence-electron chi connectivity index (χ4n) is 3.74. The topological polar surface area (TPSA) is 44.0 Å². The lowest BCUT2D eigenvalue weighted by atomic mass is 9.68. The van der Waals surface area contributed by atoms with E-state index in [2.05, 4.69) is 34.2 Å². The fraction of sp³-hybridized carbons (Fsp3) is 0.706. The third-order valence-corrected chi connectivity index (χ3v) is 5.31. The van der Waals surface area contributed by atoms with Gasteiger partial charge in [0.2, 0.25) is 0 Å². The molecule has 1 saturated heterocycles. The van der Waals surface area contributed by atoms with Gasteiger partial charge in [0.15, 0.2) is 5.96 Å². The van der Waals surface area contributed by atoms with Gasteiger partial charge in [0, 0.05) is 26.7 Å². The number of furan rings is 1. The van der Waals surface area contributed by atoms with Crippen molar-refractivity contribution in [2.75, 3.05) is 40.8 Å². The molecule has 1 spiro atoms. The van der Waals surface area contributed by atoms with Crippen LogP contribution in [0.5, 0.6) is 0 Å². The first-order valence-corrected chi connectivity index (χ1v) is 8.29. The summed E-state index contributed by atoms with van der Waals surface area (Å²) in [5.74, 6) is 2.02. The van der Waals surface area contributed by atoms with E-state index in [1.165, 1.54) is 32.2 Å². The molecule has 1 aromatic heterocycles. The van der Waals surface area contributed by atoms with E-state index < -0.39 is 0 Å². The molecule has 1 aliphatic heterocycles. The highest BCUT2D eigenvalue weighted by molar-refractivity contribution is 5.80. The summed E-state index contributed by atoms with van der Waals surface area (Å²) in [4.78, 5) is 9.09. The highest BCUT2D eigenvalue weighted by Crippen LogP contribution is 2.47. The van der Waals surface area contributed by atoms with Crippen LogP contribution in [0.1, 0.15) is 37.5 Å². The smallest absolute Gasteiger partial charge is 0.193 e. The van der Waals surface area contributed by atoms with Crippen LogP contribution in [0.4, 0.5) is 0 Å². The Bertz CT molecular complexity index is 505. The Morgan fingerprint density at radius 3 is 2.77 bits per heavy atom. The first kappa shape index (κ1) is 15.4. The highest BCUT2D eigenvalue weighted by atomic mass is 16.3. The summed E-state index contributed by atoms with van der Waals surface area (Å²) < 4.78 is 5.57. The molecule has 5 nitrogen and oxygen atoms in total. The van der Waals surface area contributed by atoms with E-state index in [0.717, 1.165) is 24.8 Å². The third-order valence-electron chi connectivity index (χ3n) is 5.31. The molecule has 1 N–H and O–H groups in total. The van der Waals surface area contributed by atoms with Crippen LogP contribution in [0, 0.1) is 5.41 Å². The van der Waals surface area contributed by atoms with Crippen molar-refractivity contribution < 1.29 is 4.42 Å². The van der Waals surface area contributed by atoms with Crippen LogP contribution >= 0.6 is 0 Å². The van der Waals surface area contributed by atoms with E-state index >= 15 is 0 Å². The predicted molar refractivity (Wildman–Crippen MR) is 89.0 cm³/mol. The van der Waals surface area contributed by atoms with Crippen LogP contribution in [-0.2, 0) is 0 Å². The maximum atomic E-state index is 5.57. The minimum Gasteiger partial charge on any atom is -0.468 e. The maximum absolute atomic E-state index is 5.57. The number of rotatable bonds is 4. The largest absolute Gasteiger partial charge is 0.468 e. The molecule has 1 unspecified atom stereocenters. The Balaban J connectivity index is 1.59. The average molecular weight is 304 g/mol. The van der Waals surface area contributed by atoms with Gasteiger partial charge in [-0.3, -0.25) is 9.89 Å². The second kappa shape index (κ2) is 6.32. The lowest BCUT2D eigenvalue weighted by Gasteiger charge is -2.38. The van der Waals surface area contributed by atoms with Gasteiger partial charge in [-0.25, -0.2) is 0 Å². The molecule has 2 heterocycles. The normalized spacial score (nSPS) is 22.2. The quantitative estimate of drug-likeness (QED) is 0.685. The average Bonchev–Trinajstić information content (AvgIpc) is 3.12. The van der Waals surface area contributed by atoms with Gasteiger partial charge in [0.1, 0.15) is 5.76 Å². The minimum atomic E-state index is 0.215. The Morgan fingerprint density at radius 2 is 2.27 bits per heavy atom. The fourth-order valence-corrected chi connectivity index (χ4v) is 3.74. The summed E-state index contributed by atoms with van der Waals surface area (Å²) in [6.07, 6.45) is 7.26. The zero-order chi connectivity index (χ0) is 15.6. The summed E-state index contributed by atoms with van der Waals surface area (Å²) in [6, 6.07) is 4.20. The summed E-state index contributed by atoms with van der Waals surface area (Å²) in [5.41, 5.74) is 0.597. The van der Waals surface area contributed by atoms with Crippen LogP contribution < -0.4 is 5.32 Å². The molecule has 3 rings (SSSR count). The van der Waals surface area contributed by atoms with Gasteiger partial charge in [-0.1, -0.05) is 6.42 Å². The van der Waals surface area contributed by atoms with Gasteiger partial charge in [0.05, 0.1) is 12.3 Å². The van der Waals surface area contributed by atoms with E-state index in [1.54, 1.807) is 6.26 Å². The zero-order valence-corrected chi connectivity index (χ0v) is 14.0. The molecule has 0 bridgehead atoms. The number of hydrogen-bond donors (Lipinski definition) is 1. The van der Waals surface area contributed by atoms with Crippen molar-refractivity contribution in [3.05, 3.63) is 24.2 Å². The van der Waals surface area contributed by atoms with Gasteiger partial charge in [0.25, 0.3) is 0 Å². The van der Waals surface area contributed by atoms with Crippen molar-refractivity contribution in [1.82, 2.24) is 15.1 Å². The first-order valence-electron chi connectivity index (χ1n) is 8.29. The van der Waals surface area contributed by atoms with Crippen molar-refractivity contribution >= 4 is 5.96 Å². The van der Waals surface area contributed by atoms with Crippen LogP contribution in [0.15, 0.2) is 27.8 Å². The number of nitrogens with one attached hydrogen (secondary N) is 1. The van der Waals surface area contributed by atoms with E-state index in [4.69, 9.17) is 4.42 Å². The second-order valence-electron chi connectivity index (χ2n) is 6.95. The highest BCUT2D eigenvalue weighted by Gasteiger charge is 2.43. The number of hydrogen-bond acceptors (Lipinski definition) is 3. The standard InChI is InChI=1S/C17H28N4O/c1-18-16(21-10-9-17(13-21)7-5-8-17)19-12-14(20(2)3)15-6-4-11-22-15/h4,6,11,14H,5,7-10,12-13H2,1-3H3,(H,18,19). The predicted octanol–water partition coefficient (Wildman–Crippen LogP) is 2.33. The number of likely N-dealkylation sites (N-methyl/N-ethyl adjacent to an activating group) is 1. The van der Waals surface area contributed by atoms with Gasteiger partial charge in [-0.05, 0) is 50.9 Å². The van der Waals surface area contributed by atoms with Crippen molar-refractivity contribution in [3.63, 3.8) is 0 Å². The number of nitrogens with zero attached hydrogens (tertiary/aromatic N) is 3. The van der Waals surface area contributed by atoms with Crippen molar-refractivity contribution in [1.29, 1.82) is 0 Å². The summed E-state index contributed by atoms with van der Waals surface area (Å²) in [7, 11) is 6.04. The molecule has 1 saturated carbocycles. The van der Waals surface area contributed by atoms with Gasteiger partial charge >= 0.3 is 0 Å².